The number of aromatic nitrogens is 4. The van der Waals surface area contributed by atoms with Gasteiger partial charge in [-0.05, 0) is 13.0 Å². The lowest BCUT2D eigenvalue weighted by Crippen LogP contribution is -2.04. The van der Waals surface area contributed by atoms with Crippen molar-refractivity contribution in [3.8, 4) is 5.75 Å². The third-order valence-corrected chi connectivity index (χ3v) is 3.35. The van der Waals surface area contributed by atoms with Crippen molar-refractivity contribution in [1.82, 2.24) is 19.5 Å². The highest BCUT2D eigenvalue weighted by molar-refractivity contribution is 5.82. The zero-order valence-corrected chi connectivity index (χ0v) is 12.3. The summed E-state index contributed by atoms with van der Waals surface area (Å²) in [5.74, 6) is 2.32. The minimum atomic E-state index is 0.653. The van der Waals surface area contributed by atoms with Crippen LogP contribution >= 0.6 is 0 Å². The van der Waals surface area contributed by atoms with Crippen LogP contribution in [0.3, 0.4) is 0 Å². The molecule has 0 saturated carbocycles. The van der Waals surface area contributed by atoms with Gasteiger partial charge >= 0.3 is 0 Å². The molecule has 0 unspecified atom stereocenters. The van der Waals surface area contributed by atoms with Gasteiger partial charge in [0.1, 0.15) is 17.1 Å². The number of hydrogen-bond acceptors (Lipinski definition) is 5. The van der Waals surface area contributed by atoms with Gasteiger partial charge in [-0.15, -0.1) is 0 Å². The normalized spacial score (nSPS) is 10.8. The maximum atomic E-state index is 5.40. The molecule has 6 heteroatoms. The number of hydrogen-bond donors (Lipinski definition) is 1. The van der Waals surface area contributed by atoms with Gasteiger partial charge in [-0.1, -0.05) is 18.2 Å². The summed E-state index contributed by atoms with van der Waals surface area (Å²) >= 11 is 0. The third kappa shape index (κ3) is 2.40. The Morgan fingerprint density at radius 2 is 2.05 bits per heavy atom. The van der Waals surface area contributed by atoms with Gasteiger partial charge in [-0.2, -0.15) is 0 Å². The number of imidazole rings is 1. The quantitative estimate of drug-likeness (QED) is 0.795. The minimum absolute atomic E-state index is 0.653. The molecular formula is C15H17N5O. The first-order valence-electron chi connectivity index (χ1n) is 6.72. The molecule has 0 bridgehead atoms. The number of methoxy groups -OCH3 is 1. The number of fused-ring (bicyclic) bond motifs is 1. The summed E-state index contributed by atoms with van der Waals surface area (Å²) in [6.45, 7) is 2.53. The van der Waals surface area contributed by atoms with Crippen LogP contribution in [0.15, 0.2) is 30.6 Å². The van der Waals surface area contributed by atoms with Crippen molar-refractivity contribution in [1.29, 1.82) is 0 Å². The SMILES string of the molecule is CNc1nc(C)nc2c1ncn2Cc1ccccc1OC. The van der Waals surface area contributed by atoms with E-state index in [0.717, 1.165) is 28.3 Å². The van der Waals surface area contributed by atoms with Crippen molar-refractivity contribution in [3.63, 3.8) is 0 Å². The van der Waals surface area contributed by atoms with Crippen LogP contribution in [0.4, 0.5) is 5.82 Å². The molecule has 1 aromatic carbocycles. The second-order valence-electron chi connectivity index (χ2n) is 4.73. The second kappa shape index (κ2) is 5.40. The molecule has 0 aliphatic rings. The van der Waals surface area contributed by atoms with Crippen LogP contribution in [0, 0.1) is 6.92 Å². The number of nitrogens with one attached hydrogen (secondary N) is 1. The van der Waals surface area contributed by atoms with E-state index in [4.69, 9.17) is 4.74 Å². The van der Waals surface area contributed by atoms with Gasteiger partial charge in [0, 0.05) is 12.6 Å². The third-order valence-electron chi connectivity index (χ3n) is 3.35. The summed E-state index contributed by atoms with van der Waals surface area (Å²) in [6, 6.07) is 7.95. The van der Waals surface area contributed by atoms with E-state index in [1.807, 2.05) is 42.8 Å². The van der Waals surface area contributed by atoms with E-state index in [1.165, 1.54) is 0 Å². The Labute approximate surface area is 122 Å². The number of ether oxygens (including phenoxy) is 1. The molecule has 0 spiro atoms. The van der Waals surface area contributed by atoms with Crippen molar-refractivity contribution in [2.24, 2.45) is 0 Å². The molecule has 0 amide bonds. The Morgan fingerprint density at radius 3 is 2.81 bits per heavy atom. The molecule has 0 radical (unpaired) electrons. The predicted octanol–water partition coefficient (Wildman–Crippen LogP) is 2.23. The van der Waals surface area contributed by atoms with Crippen LogP contribution < -0.4 is 10.1 Å². The summed E-state index contributed by atoms with van der Waals surface area (Å²) in [5, 5.41) is 3.06. The molecule has 0 atom stereocenters. The Kier molecular flexibility index (Phi) is 3.43. The summed E-state index contributed by atoms with van der Waals surface area (Å²) in [6.07, 6.45) is 1.78. The first-order chi connectivity index (χ1) is 10.2. The molecule has 0 saturated heterocycles. The molecule has 2 aromatic heterocycles. The monoisotopic (exact) mass is 283 g/mol. The molecule has 108 valence electrons. The summed E-state index contributed by atoms with van der Waals surface area (Å²) in [4.78, 5) is 13.3. The smallest absolute Gasteiger partial charge is 0.166 e. The maximum Gasteiger partial charge on any atom is 0.166 e. The van der Waals surface area contributed by atoms with E-state index in [1.54, 1.807) is 13.4 Å². The van der Waals surface area contributed by atoms with Crippen LogP contribution in [0.5, 0.6) is 5.75 Å². The van der Waals surface area contributed by atoms with E-state index in [2.05, 4.69) is 20.3 Å². The number of aryl methyl sites for hydroxylation is 1. The molecule has 3 rings (SSSR count). The van der Waals surface area contributed by atoms with E-state index < -0.39 is 0 Å². The summed E-state index contributed by atoms with van der Waals surface area (Å²) in [5.41, 5.74) is 2.68. The second-order valence-corrected chi connectivity index (χ2v) is 4.73. The standard InChI is InChI=1S/C15H17N5O/c1-10-18-14(16-2)13-15(19-10)20(9-17-13)8-11-6-4-5-7-12(11)21-3/h4-7,9H,8H2,1-3H3,(H,16,18,19). The van der Waals surface area contributed by atoms with Crippen LogP contribution in [0.1, 0.15) is 11.4 Å². The van der Waals surface area contributed by atoms with Gasteiger partial charge in [0.15, 0.2) is 11.5 Å². The maximum absolute atomic E-state index is 5.40. The van der Waals surface area contributed by atoms with Gasteiger partial charge in [-0.3, -0.25) is 0 Å². The molecule has 2 heterocycles. The lowest BCUT2D eigenvalue weighted by molar-refractivity contribution is 0.408. The number of nitrogens with zero attached hydrogens (tertiary/aromatic N) is 4. The van der Waals surface area contributed by atoms with Crippen molar-refractivity contribution < 1.29 is 4.74 Å². The molecular weight excluding hydrogens is 266 g/mol. The Hall–Kier alpha value is -2.63. The zero-order valence-electron chi connectivity index (χ0n) is 12.3. The highest BCUT2D eigenvalue weighted by Gasteiger charge is 2.12. The van der Waals surface area contributed by atoms with Gasteiger partial charge in [0.2, 0.25) is 0 Å². The zero-order chi connectivity index (χ0) is 14.8. The average molecular weight is 283 g/mol. The highest BCUT2D eigenvalue weighted by Crippen LogP contribution is 2.22. The molecule has 0 fully saturated rings. The van der Waals surface area contributed by atoms with E-state index >= 15 is 0 Å². The van der Waals surface area contributed by atoms with E-state index in [9.17, 15) is 0 Å². The van der Waals surface area contributed by atoms with Crippen LogP contribution in [0.2, 0.25) is 0 Å². The van der Waals surface area contributed by atoms with E-state index in [-0.39, 0.29) is 0 Å². The highest BCUT2D eigenvalue weighted by atomic mass is 16.5. The fourth-order valence-corrected chi connectivity index (χ4v) is 2.36. The fourth-order valence-electron chi connectivity index (χ4n) is 2.36. The lowest BCUT2D eigenvalue weighted by atomic mass is 10.2. The lowest BCUT2D eigenvalue weighted by Gasteiger charge is -2.09. The number of benzene rings is 1. The van der Waals surface area contributed by atoms with Crippen molar-refractivity contribution in [3.05, 3.63) is 42.0 Å². The van der Waals surface area contributed by atoms with Gasteiger partial charge < -0.3 is 14.6 Å². The molecule has 21 heavy (non-hydrogen) atoms. The first kappa shape index (κ1) is 13.4. The summed E-state index contributed by atoms with van der Waals surface area (Å²) < 4.78 is 7.40. The molecule has 1 N–H and O–H groups in total. The number of para-hydroxylation sites is 1. The van der Waals surface area contributed by atoms with Gasteiger partial charge in [0.05, 0.1) is 20.0 Å². The van der Waals surface area contributed by atoms with Gasteiger partial charge in [-0.25, -0.2) is 15.0 Å². The fraction of sp³-hybridized carbons (Fsp3) is 0.267. The topological polar surface area (TPSA) is 64.9 Å². The minimum Gasteiger partial charge on any atom is -0.496 e. The average Bonchev–Trinajstić information content (AvgIpc) is 2.90. The largest absolute Gasteiger partial charge is 0.496 e. The Morgan fingerprint density at radius 1 is 1.24 bits per heavy atom. The molecule has 6 nitrogen and oxygen atoms in total. The molecule has 0 aliphatic heterocycles. The number of rotatable bonds is 4. The first-order valence-corrected chi connectivity index (χ1v) is 6.72. The van der Waals surface area contributed by atoms with Crippen molar-refractivity contribution >= 4 is 17.0 Å². The van der Waals surface area contributed by atoms with Crippen LogP contribution in [-0.4, -0.2) is 33.7 Å². The van der Waals surface area contributed by atoms with E-state index in [0.29, 0.717) is 12.4 Å². The Balaban J connectivity index is 2.07. The van der Waals surface area contributed by atoms with Crippen LogP contribution in [0.25, 0.3) is 11.2 Å². The van der Waals surface area contributed by atoms with Crippen molar-refractivity contribution in [2.75, 3.05) is 19.5 Å². The Bertz CT molecular complexity index is 781. The summed E-state index contributed by atoms with van der Waals surface area (Å²) in [7, 11) is 3.51. The van der Waals surface area contributed by atoms with Crippen LogP contribution in [-0.2, 0) is 6.54 Å². The molecule has 0 aliphatic carbocycles. The van der Waals surface area contributed by atoms with Gasteiger partial charge in [0.25, 0.3) is 0 Å². The number of anilines is 1. The predicted molar refractivity (Wildman–Crippen MR) is 81.7 cm³/mol. The van der Waals surface area contributed by atoms with Crippen molar-refractivity contribution in [2.45, 2.75) is 13.5 Å². The molecule has 3 aromatic rings.